The normalized spacial score (nSPS) is 16.1. The maximum atomic E-state index is 12.0. The molecule has 0 saturated heterocycles. The Kier molecular flexibility index (Phi) is 6.66. The van der Waals surface area contributed by atoms with Crippen LogP contribution in [0.15, 0.2) is 22.8 Å². The van der Waals surface area contributed by atoms with Gasteiger partial charge in [-0.3, -0.25) is 9.46 Å². The number of carbonyl (C=O) groups excluding carboxylic acids is 1. The number of Topliss-reactive ketones (excluding diaryl/α,β-unsaturated/α-hetero) is 1. The van der Waals surface area contributed by atoms with E-state index < -0.39 is 13.2 Å². The van der Waals surface area contributed by atoms with Crippen molar-refractivity contribution in [2.24, 2.45) is 0 Å². The molecular weight excluding hydrogens is 277 g/mol. The van der Waals surface area contributed by atoms with Gasteiger partial charge in [0, 0.05) is 13.1 Å². The summed E-state index contributed by atoms with van der Waals surface area (Å²) in [4.78, 5) is 22.6. The van der Waals surface area contributed by atoms with Crippen molar-refractivity contribution < 1.29 is 18.7 Å². The van der Waals surface area contributed by atoms with Gasteiger partial charge in [0.1, 0.15) is 17.3 Å². The van der Waals surface area contributed by atoms with Gasteiger partial charge in [0.05, 0.1) is 6.26 Å². The topological polar surface area (TPSA) is 70.8 Å². The van der Waals surface area contributed by atoms with Crippen LogP contribution in [0.25, 0.3) is 0 Å². The highest BCUT2D eigenvalue weighted by atomic mass is 31.2. The molecule has 2 unspecified atom stereocenters. The summed E-state index contributed by atoms with van der Waals surface area (Å²) in [6, 6.07) is 3.45. The second-order valence-corrected chi connectivity index (χ2v) is 7.70. The summed E-state index contributed by atoms with van der Waals surface area (Å²) in [7, 11) is -1.49. The zero-order valence-electron chi connectivity index (χ0n) is 12.4. The van der Waals surface area contributed by atoms with E-state index in [1.165, 1.54) is 12.9 Å². The monoisotopic (exact) mass is 301 g/mol. The average molecular weight is 301 g/mol. The Hall–Kier alpha value is -0.900. The predicted molar refractivity (Wildman–Crippen MR) is 79.0 cm³/mol. The van der Waals surface area contributed by atoms with Crippen LogP contribution in [0.5, 0.6) is 0 Å². The van der Waals surface area contributed by atoms with Crippen molar-refractivity contribution in [2.75, 3.05) is 20.3 Å². The number of nitrogens with zero attached hydrogens (tertiary/aromatic N) is 1. The largest absolute Gasteiger partial charge is 0.467 e. The second kappa shape index (κ2) is 7.77. The van der Waals surface area contributed by atoms with Crippen LogP contribution in [0.1, 0.15) is 44.2 Å². The molecule has 1 aromatic rings. The highest BCUT2D eigenvalue weighted by Crippen LogP contribution is 2.53. The smallest absolute Gasteiger partial charge is 0.221 e. The number of hydrogen-bond acceptors (Lipinski definition) is 4. The van der Waals surface area contributed by atoms with Gasteiger partial charge < -0.3 is 14.1 Å². The summed E-state index contributed by atoms with van der Waals surface area (Å²) in [5.41, 5.74) is 0. The molecular formula is C14H24NO4P. The highest BCUT2D eigenvalue weighted by molar-refractivity contribution is 7.57. The third kappa shape index (κ3) is 5.61. The van der Waals surface area contributed by atoms with Gasteiger partial charge in [-0.25, -0.2) is 0 Å². The maximum absolute atomic E-state index is 12.0. The number of carbonyl (C=O) groups is 1. The van der Waals surface area contributed by atoms with Gasteiger partial charge in [-0.15, -0.1) is 0 Å². The third-order valence-electron chi connectivity index (χ3n) is 3.21. The fourth-order valence-electron chi connectivity index (χ4n) is 2.29. The lowest BCUT2D eigenvalue weighted by Gasteiger charge is -2.28. The van der Waals surface area contributed by atoms with Crippen LogP contribution < -0.4 is 0 Å². The van der Waals surface area contributed by atoms with Gasteiger partial charge in [-0.05, 0) is 45.5 Å². The predicted octanol–water partition coefficient (Wildman–Crippen LogP) is 3.26. The summed E-state index contributed by atoms with van der Waals surface area (Å²) in [5.74, 6) is 0.120. The molecule has 1 N–H and O–H groups in total. The van der Waals surface area contributed by atoms with Crippen LogP contribution >= 0.6 is 7.37 Å². The fourth-order valence-corrected chi connectivity index (χ4v) is 3.76. The van der Waals surface area contributed by atoms with Gasteiger partial charge in [-0.2, -0.15) is 0 Å². The van der Waals surface area contributed by atoms with Crippen LogP contribution in [-0.2, 0) is 9.36 Å². The molecule has 0 spiro atoms. The Bertz CT molecular complexity index is 452. The van der Waals surface area contributed by atoms with Crippen molar-refractivity contribution in [3.63, 3.8) is 0 Å². The van der Waals surface area contributed by atoms with E-state index in [0.29, 0.717) is 18.7 Å². The fraction of sp³-hybridized carbons (Fsp3) is 0.643. The van der Waals surface area contributed by atoms with Crippen molar-refractivity contribution in [3.05, 3.63) is 24.2 Å². The van der Waals surface area contributed by atoms with Crippen molar-refractivity contribution in [1.82, 2.24) is 4.90 Å². The molecule has 20 heavy (non-hydrogen) atoms. The van der Waals surface area contributed by atoms with E-state index in [1.807, 2.05) is 11.9 Å². The van der Waals surface area contributed by atoms with Crippen LogP contribution in [0.2, 0.25) is 0 Å². The molecule has 0 radical (unpaired) electrons. The molecule has 1 rings (SSSR count). The number of furan rings is 1. The first-order chi connectivity index (χ1) is 9.32. The van der Waals surface area contributed by atoms with E-state index in [4.69, 9.17) is 4.42 Å². The molecule has 0 fully saturated rings. The Labute approximate surface area is 120 Å². The van der Waals surface area contributed by atoms with Crippen LogP contribution in [0, 0.1) is 0 Å². The van der Waals surface area contributed by atoms with E-state index in [2.05, 4.69) is 0 Å². The second-order valence-electron chi connectivity index (χ2n) is 5.33. The van der Waals surface area contributed by atoms with Crippen LogP contribution in [-0.4, -0.2) is 35.8 Å². The number of rotatable bonds is 9. The van der Waals surface area contributed by atoms with Crippen molar-refractivity contribution in [3.8, 4) is 0 Å². The summed E-state index contributed by atoms with van der Waals surface area (Å²) in [6.07, 6.45) is 4.82. The van der Waals surface area contributed by atoms with Gasteiger partial charge in [0.25, 0.3) is 0 Å². The molecule has 6 heteroatoms. The van der Waals surface area contributed by atoms with Gasteiger partial charge >= 0.3 is 0 Å². The first kappa shape index (κ1) is 17.2. The molecule has 0 aliphatic rings. The van der Waals surface area contributed by atoms with E-state index in [-0.39, 0.29) is 5.78 Å². The molecule has 0 bridgehead atoms. The van der Waals surface area contributed by atoms with Crippen LogP contribution in [0.3, 0.4) is 0 Å². The van der Waals surface area contributed by atoms with Gasteiger partial charge in [-0.1, -0.05) is 6.42 Å². The van der Waals surface area contributed by atoms with Crippen molar-refractivity contribution in [1.29, 1.82) is 0 Å². The lowest BCUT2D eigenvalue weighted by atomic mass is 10.1. The van der Waals surface area contributed by atoms with E-state index >= 15 is 0 Å². The van der Waals surface area contributed by atoms with E-state index in [9.17, 15) is 14.3 Å². The molecule has 0 amide bonds. The number of unbranched alkanes of at least 4 members (excludes halogenated alkanes) is 2. The third-order valence-corrected chi connectivity index (χ3v) is 4.76. The summed E-state index contributed by atoms with van der Waals surface area (Å²) in [6.45, 7) is 3.65. The molecule has 1 heterocycles. The molecule has 0 aromatic carbocycles. The minimum Gasteiger partial charge on any atom is -0.467 e. The SMILES string of the molecule is CC(=O)CCCCCN(C)C(c1ccco1)P(C)(=O)O. The maximum Gasteiger partial charge on any atom is 0.221 e. The molecule has 114 valence electrons. The first-order valence-corrected chi connectivity index (χ1v) is 9.03. The molecule has 0 aliphatic heterocycles. The van der Waals surface area contributed by atoms with E-state index in [0.717, 1.165) is 19.3 Å². The molecule has 0 aliphatic carbocycles. The highest BCUT2D eigenvalue weighted by Gasteiger charge is 2.33. The Morgan fingerprint density at radius 2 is 2.15 bits per heavy atom. The molecule has 5 nitrogen and oxygen atoms in total. The summed E-state index contributed by atoms with van der Waals surface area (Å²) in [5, 5.41) is 0. The Morgan fingerprint density at radius 1 is 1.45 bits per heavy atom. The minimum absolute atomic E-state index is 0.209. The van der Waals surface area contributed by atoms with Crippen molar-refractivity contribution in [2.45, 2.75) is 38.4 Å². The van der Waals surface area contributed by atoms with Gasteiger partial charge in [0.15, 0.2) is 0 Å². The Morgan fingerprint density at radius 3 is 2.65 bits per heavy atom. The lowest BCUT2D eigenvalue weighted by Crippen LogP contribution is -2.25. The summed E-state index contributed by atoms with van der Waals surface area (Å²) >= 11 is 0. The first-order valence-electron chi connectivity index (χ1n) is 6.85. The average Bonchev–Trinajstić information content (AvgIpc) is 2.79. The minimum atomic E-state index is -3.31. The number of ketones is 1. The van der Waals surface area contributed by atoms with Crippen LogP contribution in [0.4, 0.5) is 0 Å². The van der Waals surface area contributed by atoms with Gasteiger partial charge in [0.2, 0.25) is 7.37 Å². The molecule has 2 atom stereocenters. The quantitative estimate of drug-likeness (QED) is 0.560. The van der Waals surface area contributed by atoms with Crippen molar-refractivity contribution >= 4 is 13.2 Å². The van der Waals surface area contributed by atoms with E-state index in [1.54, 1.807) is 19.1 Å². The summed E-state index contributed by atoms with van der Waals surface area (Å²) < 4.78 is 17.3. The number of hydrogen-bond donors (Lipinski definition) is 1. The standard InChI is InChI=1S/C14H24NO4P/c1-12(16)8-5-4-6-10-15(2)14(20(3,17)18)13-9-7-11-19-13/h7,9,11,14H,4-6,8,10H2,1-3H3,(H,17,18). The molecule has 0 saturated carbocycles. The zero-order chi connectivity index (χ0) is 15.2. The zero-order valence-corrected chi connectivity index (χ0v) is 13.3. The molecule has 1 aromatic heterocycles. The Balaban J connectivity index is 2.51. The lowest BCUT2D eigenvalue weighted by molar-refractivity contribution is -0.117.